The molecule has 24 heavy (non-hydrogen) atoms. The van der Waals surface area contributed by atoms with Gasteiger partial charge in [0.15, 0.2) is 0 Å². The van der Waals surface area contributed by atoms with Crippen molar-refractivity contribution >= 4 is 11.4 Å². The van der Waals surface area contributed by atoms with Crippen molar-refractivity contribution in [3.63, 3.8) is 0 Å². The first-order valence-corrected chi connectivity index (χ1v) is 8.72. The van der Waals surface area contributed by atoms with Gasteiger partial charge in [-0.15, -0.1) is 0 Å². The third-order valence-corrected chi connectivity index (χ3v) is 4.77. The highest BCUT2D eigenvalue weighted by atomic mass is 15.1. The van der Waals surface area contributed by atoms with Crippen molar-refractivity contribution in [1.82, 2.24) is 10.6 Å². The summed E-state index contributed by atoms with van der Waals surface area (Å²) in [6.45, 7) is 4.16. The monoisotopic (exact) mass is 324 g/mol. The quantitative estimate of drug-likeness (QED) is 0.705. The van der Waals surface area contributed by atoms with E-state index in [1.807, 2.05) is 12.1 Å². The van der Waals surface area contributed by atoms with Crippen molar-refractivity contribution in [3.8, 4) is 0 Å². The van der Waals surface area contributed by atoms with Crippen LogP contribution >= 0.6 is 0 Å². The summed E-state index contributed by atoms with van der Waals surface area (Å²) in [4.78, 5) is 2.20. The summed E-state index contributed by atoms with van der Waals surface area (Å²) in [5, 5.41) is 6.70. The van der Waals surface area contributed by atoms with E-state index >= 15 is 0 Å². The van der Waals surface area contributed by atoms with E-state index in [-0.39, 0.29) is 0 Å². The summed E-state index contributed by atoms with van der Waals surface area (Å²) in [7, 11) is 4.22. The second kappa shape index (κ2) is 7.69. The smallest absolute Gasteiger partial charge is 0.0397 e. The molecule has 0 amide bonds. The van der Waals surface area contributed by atoms with E-state index in [1.165, 1.54) is 27.9 Å². The Kier molecular flexibility index (Phi) is 5.38. The fourth-order valence-electron chi connectivity index (χ4n) is 3.49. The average Bonchev–Trinajstić information content (AvgIpc) is 2.62. The van der Waals surface area contributed by atoms with Crippen molar-refractivity contribution < 1.29 is 0 Å². The molecule has 0 aromatic heterocycles. The standard InChI is InChI=1S/C11H16N2.C9H12N2/c1-13(2)11-5-3-4-9-8-12-7-6-10(9)11;10-9-3-1-2-7-6-11-5-4-8(7)9/h3-5,12H,6-8H2,1-2H3;1-3,11H,4-6,10H2. The fourth-order valence-corrected chi connectivity index (χ4v) is 3.49. The van der Waals surface area contributed by atoms with Crippen molar-refractivity contribution in [2.45, 2.75) is 25.9 Å². The van der Waals surface area contributed by atoms with Gasteiger partial charge in [0.1, 0.15) is 0 Å². The van der Waals surface area contributed by atoms with E-state index < -0.39 is 0 Å². The summed E-state index contributed by atoms with van der Waals surface area (Å²) in [5.41, 5.74) is 13.8. The molecule has 2 aromatic rings. The predicted molar refractivity (Wildman–Crippen MR) is 102 cm³/mol. The number of hydrogen-bond donors (Lipinski definition) is 3. The Balaban J connectivity index is 0.000000143. The van der Waals surface area contributed by atoms with E-state index in [9.17, 15) is 0 Å². The Morgan fingerprint density at radius 2 is 1.42 bits per heavy atom. The van der Waals surface area contributed by atoms with E-state index in [0.717, 1.165) is 44.7 Å². The van der Waals surface area contributed by atoms with Crippen molar-refractivity contribution in [3.05, 3.63) is 58.7 Å². The van der Waals surface area contributed by atoms with Gasteiger partial charge in [0, 0.05) is 38.6 Å². The minimum atomic E-state index is 0.948. The molecule has 0 aliphatic carbocycles. The van der Waals surface area contributed by atoms with Crippen molar-refractivity contribution in [2.75, 3.05) is 37.8 Å². The molecule has 4 rings (SSSR count). The third kappa shape index (κ3) is 3.71. The number of benzene rings is 2. The van der Waals surface area contributed by atoms with Crippen LogP contribution in [0.2, 0.25) is 0 Å². The molecule has 2 aliphatic heterocycles. The molecule has 2 heterocycles. The summed E-state index contributed by atoms with van der Waals surface area (Å²) in [6.07, 6.45) is 2.23. The molecule has 0 spiro atoms. The lowest BCUT2D eigenvalue weighted by Crippen LogP contribution is -2.25. The van der Waals surface area contributed by atoms with Crippen LogP contribution in [0.5, 0.6) is 0 Å². The maximum Gasteiger partial charge on any atom is 0.0397 e. The zero-order valence-corrected chi connectivity index (χ0v) is 14.7. The van der Waals surface area contributed by atoms with E-state index in [2.05, 4.69) is 53.9 Å². The molecule has 4 N–H and O–H groups in total. The number of anilines is 2. The van der Waals surface area contributed by atoms with Gasteiger partial charge in [0.2, 0.25) is 0 Å². The lowest BCUT2D eigenvalue weighted by Gasteiger charge is -2.24. The van der Waals surface area contributed by atoms with Gasteiger partial charge in [-0.05, 0) is 60.3 Å². The first-order valence-electron chi connectivity index (χ1n) is 8.72. The van der Waals surface area contributed by atoms with Gasteiger partial charge >= 0.3 is 0 Å². The number of nitrogens with zero attached hydrogens (tertiary/aromatic N) is 1. The molecule has 0 bridgehead atoms. The SMILES string of the molecule is CN(C)c1cccc2c1CCNC2.Nc1cccc2c1CCNC2. The van der Waals surface area contributed by atoms with Crippen molar-refractivity contribution in [1.29, 1.82) is 0 Å². The van der Waals surface area contributed by atoms with Crippen LogP contribution < -0.4 is 21.3 Å². The molecular formula is C20H28N4. The number of nitrogens with one attached hydrogen (secondary N) is 2. The third-order valence-electron chi connectivity index (χ3n) is 4.77. The van der Waals surface area contributed by atoms with Crippen LogP contribution in [0.15, 0.2) is 36.4 Å². The fraction of sp³-hybridized carbons (Fsp3) is 0.400. The van der Waals surface area contributed by atoms with E-state index in [1.54, 1.807) is 0 Å². The number of fused-ring (bicyclic) bond motifs is 2. The number of nitrogen functional groups attached to an aromatic ring is 1. The van der Waals surface area contributed by atoms with Gasteiger partial charge in [-0.1, -0.05) is 24.3 Å². The number of nitrogens with two attached hydrogens (primary N) is 1. The highest BCUT2D eigenvalue weighted by molar-refractivity contribution is 5.56. The lowest BCUT2D eigenvalue weighted by atomic mass is 9.99. The van der Waals surface area contributed by atoms with E-state index in [0.29, 0.717) is 0 Å². The zero-order chi connectivity index (χ0) is 16.9. The first kappa shape index (κ1) is 16.8. The average molecular weight is 324 g/mol. The molecule has 4 heteroatoms. The van der Waals surface area contributed by atoms with Gasteiger partial charge < -0.3 is 21.3 Å². The molecule has 2 aromatic carbocycles. The Labute approximate surface area is 145 Å². The summed E-state index contributed by atoms with van der Waals surface area (Å²) in [5.74, 6) is 0. The molecule has 0 fully saturated rings. The van der Waals surface area contributed by atoms with Crippen LogP contribution in [0.4, 0.5) is 11.4 Å². The molecule has 0 unspecified atom stereocenters. The number of rotatable bonds is 1. The predicted octanol–water partition coefficient (Wildman–Crippen LogP) is 2.31. The molecule has 2 aliphatic rings. The molecule has 0 saturated heterocycles. The van der Waals surface area contributed by atoms with Gasteiger partial charge in [-0.2, -0.15) is 0 Å². The molecule has 128 valence electrons. The van der Waals surface area contributed by atoms with Crippen LogP contribution in [-0.4, -0.2) is 27.2 Å². The first-order chi connectivity index (χ1) is 11.7. The Morgan fingerprint density at radius 3 is 2.04 bits per heavy atom. The van der Waals surface area contributed by atoms with Gasteiger partial charge in [-0.25, -0.2) is 0 Å². The topological polar surface area (TPSA) is 53.3 Å². The zero-order valence-electron chi connectivity index (χ0n) is 14.7. The maximum atomic E-state index is 5.81. The van der Waals surface area contributed by atoms with Gasteiger partial charge in [-0.3, -0.25) is 0 Å². The Hall–Kier alpha value is -2.04. The maximum absolute atomic E-state index is 5.81. The molecule has 4 nitrogen and oxygen atoms in total. The minimum absolute atomic E-state index is 0.948. The summed E-state index contributed by atoms with van der Waals surface area (Å²) >= 11 is 0. The molecule has 0 saturated carbocycles. The van der Waals surface area contributed by atoms with Crippen LogP contribution in [-0.2, 0) is 25.9 Å². The Morgan fingerprint density at radius 1 is 0.833 bits per heavy atom. The second-order valence-corrected chi connectivity index (χ2v) is 6.65. The molecule has 0 radical (unpaired) electrons. The summed E-state index contributed by atoms with van der Waals surface area (Å²) in [6, 6.07) is 12.7. The number of hydrogen-bond acceptors (Lipinski definition) is 4. The second-order valence-electron chi connectivity index (χ2n) is 6.65. The lowest BCUT2D eigenvalue weighted by molar-refractivity contribution is 0.643. The largest absolute Gasteiger partial charge is 0.398 e. The highest BCUT2D eigenvalue weighted by Crippen LogP contribution is 2.24. The van der Waals surface area contributed by atoms with Crippen LogP contribution in [0.3, 0.4) is 0 Å². The highest BCUT2D eigenvalue weighted by Gasteiger charge is 2.12. The normalized spacial score (nSPS) is 15.6. The van der Waals surface area contributed by atoms with Crippen LogP contribution in [0.1, 0.15) is 22.3 Å². The van der Waals surface area contributed by atoms with Crippen molar-refractivity contribution in [2.24, 2.45) is 0 Å². The van der Waals surface area contributed by atoms with E-state index in [4.69, 9.17) is 5.73 Å². The van der Waals surface area contributed by atoms with Crippen LogP contribution in [0, 0.1) is 0 Å². The summed E-state index contributed by atoms with van der Waals surface area (Å²) < 4.78 is 0. The van der Waals surface area contributed by atoms with Crippen LogP contribution in [0.25, 0.3) is 0 Å². The molecule has 0 atom stereocenters. The van der Waals surface area contributed by atoms with Gasteiger partial charge in [0.05, 0.1) is 0 Å². The molecular weight excluding hydrogens is 296 g/mol. The minimum Gasteiger partial charge on any atom is -0.398 e. The Bertz CT molecular complexity index is 694. The van der Waals surface area contributed by atoms with Gasteiger partial charge in [0.25, 0.3) is 0 Å².